The molecule has 0 radical (unpaired) electrons. The zero-order chi connectivity index (χ0) is 12.8. The fourth-order valence-corrected chi connectivity index (χ4v) is 1.93. The molecule has 1 unspecified atom stereocenters. The maximum absolute atomic E-state index is 11.9. The molecule has 94 valence electrons. The third-order valence-electron chi connectivity index (χ3n) is 3.40. The third-order valence-corrected chi connectivity index (χ3v) is 3.40. The Morgan fingerprint density at radius 2 is 2.00 bits per heavy atom. The number of hydrogen-bond acceptors (Lipinski definition) is 2. The van der Waals surface area contributed by atoms with E-state index in [1.165, 1.54) is 11.1 Å². The Balaban J connectivity index is 2.58. The standard InChI is InChI=1S/C15H23NO/c1-4-13(10-16)8-15(17)9-14-6-5-11(2)12(3)7-14/h5-7,13H,4,8-10,16H2,1-3H3. The first-order valence-corrected chi connectivity index (χ1v) is 6.34. The molecule has 17 heavy (non-hydrogen) atoms. The van der Waals surface area contributed by atoms with Crippen LogP contribution in [0.1, 0.15) is 36.5 Å². The number of aryl methyl sites for hydroxylation is 2. The predicted molar refractivity (Wildman–Crippen MR) is 72.1 cm³/mol. The van der Waals surface area contributed by atoms with E-state index >= 15 is 0 Å². The molecule has 0 bridgehead atoms. The van der Waals surface area contributed by atoms with Crippen LogP contribution >= 0.6 is 0 Å². The van der Waals surface area contributed by atoms with Gasteiger partial charge in [0.15, 0.2) is 0 Å². The number of ketones is 1. The van der Waals surface area contributed by atoms with Gasteiger partial charge in [-0.05, 0) is 43.0 Å². The van der Waals surface area contributed by atoms with Gasteiger partial charge in [-0.15, -0.1) is 0 Å². The molecule has 0 saturated carbocycles. The van der Waals surface area contributed by atoms with Gasteiger partial charge in [0, 0.05) is 12.8 Å². The Morgan fingerprint density at radius 1 is 1.29 bits per heavy atom. The van der Waals surface area contributed by atoms with Crippen molar-refractivity contribution in [2.45, 2.75) is 40.0 Å². The number of hydrogen-bond donors (Lipinski definition) is 1. The predicted octanol–water partition coefficient (Wildman–Crippen LogP) is 2.79. The molecule has 0 aliphatic heterocycles. The van der Waals surface area contributed by atoms with E-state index in [2.05, 4.69) is 32.9 Å². The lowest BCUT2D eigenvalue weighted by molar-refractivity contribution is -0.119. The highest BCUT2D eigenvalue weighted by Gasteiger charge is 2.11. The van der Waals surface area contributed by atoms with Crippen molar-refractivity contribution in [2.24, 2.45) is 11.7 Å². The number of nitrogens with two attached hydrogens (primary N) is 1. The summed E-state index contributed by atoms with van der Waals surface area (Å²) in [6.07, 6.45) is 2.13. The second-order valence-electron chi connectivity index (χ2n) is 4.85. The molecule has 0 fully saturated rings. The van der Waals surface area contributed by atoms with Crippen molar-refractivity contribution in [2.75, 3.05) is 6.54 Å². The summed E-state index contributed by atoms with van der Waals surface area (Å²) >= 11 is 0. The number of rotatable bonds is 6. The molecule has 0 spiro atoms. The maximum atomic E-state index is 11.9. The molecule has 2 heteroatoms. The van der Waals surface area contributed by atoms with E-state index in [-0.39, 0.29) is 0 Å². The molecule has 0 heterocycles. The molecule has 0 amide bonds. The number of carbonyl (C=O) groups excluding carboxylic acids is 1. The summed E-state index contributed by atoms with van der Waals surface area (Å²) in [5, 5.41) is 0. The summed E-state index contributed by atoms with van der Waals surface area (Å²) in [4.78, 5) is 11.9. The normalized spacial score (nSPS) is 12.5. The zero-order valence-electron chi connectivity index (χ0n) is 11.1. The van der Waals surface area contributed by atoms with Crippen LogP contribution in [-0.4, -0.2) is 12.3 Å². The van der Waals surface area contributed by atoms with Crippen LogP contribution in [-0.2, 0) is 11.2 Å². The Hall–Kier alpha value is -1.15. The van der Waals surface area contributed by atoms with Gasteiger partial charge in [0.1, 0.15) is 5.78 Å². The van der Waals surface area contributed by atoms with Gasteiger partial charge in [-0.3, -0.25) is 4.79 Å². The van der Waals surface area contributed by atoms with Crippen LogP contribution in [0.4, 0.5) is 0 Å². The summed E-state index contributed by atoms with van der Waals surface area (Å²) < 4.78 is 0. The van der Waals surface area contributed by atoms with Gasteiger partial charge < -0.3 is 5.73 Å². The first-order valence-electron chi connectivity index (χ1n) is 6.34. The summed E-state index contributed by atoms with van der Waals surface area (Å²) in [6.45, 7) is 6.86. The first-order chi connectivity index (χ1) is 8.06. The van der Waals surface area contributed by atoms with Crippen LogP contribution in [0.3, 0.4) is 0 Å². The van der Waals surface area contributed by atoms with E-state index in [9.17, 15) is 4.79 Å². The SMILES string of the molecule is CCC(CN)CC(=O)Cc1ccc(C)c(C)c1. The summed E-state index contributed by atoms with van der Waals surface area (Å²) in [5.74, 6) is 0.639. The van der Waals surface area contributed by atoms with Crippen LogP contribution in [0.15, 0.2) is 18.2 Å². The van der Waals surface area contributed by atoms with E-state index in [0.29, 0.717) is 31.1 Å². The molecule has 2 nitrogen and oxygen atoms in total. The minimum atomic E-state index is 0.297. The average Bonchev–Trinajstić information content (AvgIpc) is 2.31. The molecule has 1 rings (SSSR count). The van der Waals surface area contributed by atoms with Crippen molar-refractivity contribution in [1.29, 1.82) is 0 Å². The first kappa shape index (κ1) is 13.9. The van der Waals surface area contributed by atoms with Gasteiger partial charge >= 0.3 is 0 Å². The highest BCUT2D eigenvalue weighted by molar-refractivity contribution is 5.81. The molecule has 0 aliphatic rings. The lowest BCUT2D eigenvalue weighted by Gasteiger charge is -2.11. The van der Waals surface area contributed by atoms with Gasteiger partial charge in [-0.25, -0.2) is 0 Å². The fraction of sp³-hybridized carbons (Fsp3) is 0.533. The van der Waals surface area contributed by atoms with Gasteiger partial charge in [-0.1, -0.05) is 31.5 Å². The van der Waals surface area contributed by atoms with Crippen molar-refractivity contribution < 1.29 is 4.79 Å². The smallest absolute Gasteiger partial charge is 0.137 e. The van der Waals surface area contributed by atoms with Crippen molar-refractivity contribution in [3.05, 3.63) is 34.9 Å². The van der Waals surface area contributed by atoms with E-state index in [1.807, 2.05) is 6.07 Å². The number of carbonyl (C=O) groups is 1. The molecular formula is C15H23NO. The van der Waals surface area contributed by atoms with Crippen LogP contribution in [0.5, 0.6) is 0 Å². The van der Waals surface area contributed by atoms with Crippen LogP contribution in [0.25, 0.3) is 0 Å². The van der Waals surface area contributed by atoms with Gasteiger partial charge in [0.25, 0.3) is 0 Å². The minimum absolute atomic E-state index is 0.297. The van der Waals surface area contributed by atoms with E-state index in [1.54, 1.807) is 0 Å². The Labute approximate surface area is 104 Å². The monoisotopic (exact) mass is 233 g/mol. The summed E-state index contributed by atoms with van der Waals surface area (Å²) in [5.41, 5.74) is 9.26. The van der Waals surface area contributed by atoms with Crippen LogP contribution < -0.4 is 5.73 Å². The Bertz CT molecular complexity index is 381. The molecule has 1 atom stereocenters. The summed E-state index contributed by atoms with van der Waals surface area (Å²) in [6, 6.07) is 6.23. The highest BCUT2D eigenvalue weighted by atomic mass is 16.1. The van der Waals surface area contributed by atoms with Crippen molar-refractivity contribution in [3.63, 3.8) is 0 Å². The van der Waals surface area contributed by atoms with Crippen molar-refractivity contribution in [3.8, 4) is 0 Å². The lowest BCUT2D eigenvalue weighted by atomic mass is 9.95. The second kappa shape index (κ2) is 6.55. The maximum Gasteiger partial charge on any atom is 0.137 e. The fourth-order valence-electron chi connectivity index (χ4n) is 1.93. The van der Waals surface area contributed by atoms with E-state index < -0.39 is 0 Å². The minimum Gasteiger partial charge on any atom is -0.330 e. The molecule has 2 N–H and O–H groups in total. The molecule has 1 aromatic carbocycles. The topological polar surface area (TPSA) is 43.1 Å². The molecule has 0 aliphatic carbocycles. The van der Waals surface area contributed by atoms with Gasteiger partial charge in [-0.2, -0.15) is 0 Å². The van der Waals surface area contributed by atoms with Gasteiger partial charge in [0.05, 0.1) is 0 Å². The lowest BCUT2D eigenvalue weighted by Crippen LogP contribution is -2.18. The van der Waals surface area contributed by atoms with E-state index in [4.69, 9.17) is 5.73 Å². The summed E-state index contributed by atoms with van der Waals surface area (Å²) in [7, 11) is 0. The Kier molecular flexibility index (Phi) is 5.36. The molecular weight excluding hydrogens is 210 g/mol. The third kappa shape index (κ3) is 4.31. The number of Topliss-reactive ketones (excluding diaryl/α,β-unsaturated/α-hetero) is 1. The average molecular weight is 233 g/mol. The zero-order valence-corrected chi connectivity index (χ0v) is 11.1. The molecule has 0 aromatic heterocycles. The van der Waals surface area contributed by atoms with Crippen LogP contribution in [0, 0.1) is 19.8 Å². The van der Waals surface area contributed by atoms with Gasteiger partial charge in [0.2, 0.25) is 0 Å². The molecule has 1 aromatic rings. The Morgan fingerprint density at radius 3 is 2.53 bits per heavy atom. The van der Waals surface area contributed by atoms with Crippen molar-refractivity contribution >= 4 is 5.78 Å². The van der Waals surface area contributed by atoms with Crippen LogP contribution in [0.2, 0.25) is 0 Å². The highest BCUT2D eigenvalue weighted by Crippen LogP contribution is 2.13. The largest absolute Gasteiger partial charge is 0.330 e. The quantitative estimate of drug-likeness (QED) is 0.821. The second-order valence-corrected chi connectivity index (χ2v) is 4.85. The van der Waals surface area contributed by atoms with E-state index in [0.717, 1.165) is 12.0 Å². The van der Waals surface area contributed by atoms with Crippen molar-refractivity contribution in [1.82, 2.24) is 0 Å². The molecule has 0 saturated heterocycles. The number of benzene rings is 1.